The van der Waals surface area contributed by atoms with E-state index in [-0.39, 0.29) is 11.5 Å². The second kappa shape index (κ2) is 11.5. The number of nitrogens with zero attached hydrogens (tertiary/aromatic N) is 4. The van der Waals surface area contributed by atoms with Gasteiger partial charge in [0.05, 0.1) is 12.3 Å². The number of hydrogen-bond donors (Lipinski definition) is 1. The number of benzene rings is 2. The van der Waals surface area contributed by atoms with E-state index in [1.807, 2.05) is 48.5 Å². The molecule has 2 aromatic heterocycles. The number of ether oxygens (including phenoxy) is 1. The summed E-state index contributed by atoms with van der Waals surface area (Å²) in [6.07, 6.45) is 3.19. The van der Waals surface area contributed by atoms with Crippen molar-refractivity contribution in [3.05, 3.63) is 90.4 Å². The van der Waals surface area contributed by atoms with E-state index >= 15 is 0 Å². The van der Waals surface area contributed by atoms with Gasteiger partial charge in [-0.2, -0.15) is 4.68 Å². The zero-order valence-electron chi connectivity index (χ0n) is 19.4. The Kier molecular flexibility index (Phi) is 7.76. The Morgan fingerprint density at radius 1 is 1.03 bits per heavy atom. The first-order valence-electron chi connectivity index (χ1n) is 11.1. The van der Waals surface area contributed by atoms with Gasteiger partial charge in [-0.05, 0) is 41.5 Å². The third-order valence-corrected chi connectivity index (χ3v) is 5.20. The summed E-state index contributed by atoms with van der Waals surface area (Å²) in [6.45, 7) is 0.794. The Labute approximate surface area is 206 Å². The number of esters is 1. The predicted octanol–water partition coefficient (Wildman–Crippen LogP) is 2.79. The van der Waals surface area contributed by atoms with Crippen LogP contribution < -0.4 is 5.32 Å². The first kappa shape index (κ1) is 24.3. The standard InChI is InChI=1S/C26H23N5O5/c1-18(32)22(15-19-9-4-2-5-10-19)27-24(33)17-36-26(34)23(16-21-13-8-14-35-21)31-25(28-29-30-31)20-11-6-3-7-12-20/h2-14,16,22H,15,17H2,1H3,(H,27,33)/b23-16-. The molecular formula is C26H23N5O5. The fourth-order valence-electron chi connectivity index (χ4n) is 3.42. The van der Waals surface area contributed by atoms with Crippen molar-refractivity contribution in [2.45, 2.75) is 19.4 Å². The van der Waals surface area contributed by atoms with Crippen molar-refractivity contribution in [3.63, 3.8) is 0 Å². The van der Waals surface area contributed by atoms with Gasteiger partial charge in [0.1, 0.15) is 5.76 Å². The van der Waals surface area contributed by atoms with Gasteiger partial charge in [0.25, 0.3) is 5.91 Å². The molecule has 0 aliphatic heterocycles. The van der Waals surface area contributed by atoms with Gasteiger partial charge in [0.15, 0.2) is 23.9 Å². The lowest BCUT2D eigenvalue weighted by atomic mass is 10.0. The number of amides is 1. The third kappa shape index (κ3) is 6.17. The average Bonchev–Trinajstić information content (AvgIpc) is 3.59. The monoisotopic (exact) mass is 485 g/mol. The molecule has 0 fully saturated rings. The molecule has 1 atom stereocenters. The molecule has 4 rings (SSSR count). The Bertz CT molecular complexity index is 1350. The maximum atomic E-state index is 13.1. The van der Waals surface area contributed by atoms with Gasteiger partial charge < -0.3 is 14.5 Å². The molecule has 0 spiro atoms. The second-order valence-electron chi connectivity index (χ2n) is 7.82. The summed E-state index contributed by atoms with van der Waals surface area (Å²) in [5.41, 5.74) is 1.50. The van der Waals surface area contributed by atoms with Crippen molar-refractivity contribution < 1.29 is 23.5 Å². The minimum absolute atomic E-state index is 0.0611. The van der Waals surface area contributed by atoms with Gasteiger partial charge in [-0.3, -0.25) is 9.59 Å². The highest BCUT2D eigenvalue weighted by Crippen LogP contribution is 2.21. The van der Waals surface area contributed by atoms with E-state index in [2.05, 4.69) is 20.8 Å². The van der Waals surface area contributed by atoms with Crippen molar-refractivity contribution >= 4 is 29.4 Å². The summed E-state index contributed by atoms with van der Waals surface area (Å²) in [6, 6.07) is 20.9. The SMILES string of the molecule is CC(=O)C(Cc1ccccc1)NC(=O)COC(=O)/C(=C/c1ccco1)n1nnnc1-c1ccccc1. The number of aromatic nitrogens is 4. The quantitative estimate of drug-likeness (QED) is 0.268. The summed E-state index contributed by atoms with van der Waals surface area (Å²) in [5.74, 6) is -1.02. The van der Waals surface area contributed by atoms with Crippen LogP contribution in [0.5, 0.6) is 0 Å². The highest BCUT2D eigenvalue weighted by atomic mass is 16.5. The van der Waals surface area contributed by atoms with Crippen LogP contribution in [0.4, 0.5) is 0 Å². The van der Waals surface area contributed by atoms with Crippen molar-refractivity contribution in [1.29, 1.82) is 0 Å². The molecule has 0 saturated heterocycles. The van der Waals surface area contributed by atoms with Crippen LogP contribution in [0.2, 0.25) is 0 Å². The van der Waals surface area contributed by atoms with Crippen LogP contribution in [0.3, 0.4) is 0 Å². The highest BCUT2D eigenvalue weighted by molar-refractivity contribution is 6.15. The summed E-state index contributed by atoms with van der Waals surface area (Å²) in [5, 5.41) is 14.3. The lowest BCUT2D eigenvalue weighted by molar-refractivity contribution is -0.143. The van der Waals surface area contributed by atoms with E-state index < -0.39 is 24.5 Å². The lowest BCUT2D eigenvalue weighted by Gasteiger charge is -2.16. The molecule has 0 radical (unpaired) electrons. The molecule has 0 aliphatic carbocycles. The van der Waals surface area contributed by atoms with Crippen LogP contribution in [-0.2, 0) is 25.5 Å². The normalized spacial score (nSPS) is 12.1. The minimum Gasteiger partial charge on any atom is -0.465 e. The van der Waals surface area contributed by atoms with Gasteiger partial charge in [-0.1, -0.05) is 60.7 Å². The molecule has 1 amide bonds. The smallest absolute Gasteiger partial charge is 0.357 e. The fraction of sp³-hybridized carbons (Fsp3) is 0.154. The van der Waals surface area contributed by atoms with E-state index in [4.69, 9.17) is 9.15 Å². The van der Waals surface area contributed by atoms with Crippen LogP contribution in [-0.4, -0.2) is 50.5 Å². The zero-order chi connectivity index (χ0) is 25.3. The van der Waals surface area contributed by atoms with Crippen molar-refractivity contribution in [2.75, 3.05) is 6.61 Å². The third-order valence-electron chi connectivity index (χ3n) is 5.20. The minimum atomic E-state index is -0.853. The van der Waals surface area contributed by atoms with Crippen molar-refractivity contribution in [1.82, 2.24) is 25.5 Å². The van der Waals surface area contributed by atoms with E-state index in [0.717, 1.165) is 5.56 Å². The van der Waals surface area contributed by atoms with E-state index in [1.54, 1.807) is 24.3 Å². The molecule has 182 valence electrons. The Balaban J connectivity index is 1.49. The number of ketones is 1. The first-order valence-corrected chi connectivity index (χ1v) is 11.1. The van der Waals surface area contributed by atoms with Crippen molar-refractivity contribution in [3.8, 4) is 11.4 Å². The molecular weight excluding hydrogens is 462 g/mol. The molecule has 0 bridgehead atoms. The lowest BCUT2D eigenvalue weighted by Crippen LogP contribution is -2.43. The molecule has 10 heteroatoms. The summed E-state index contributed by atoms with van der Waals surface area (Å²) in [7, 11) is 0. The number of rotatable bonds is 10. The van der Waals surface area contributed by atoms with E-state index in [9.17, 15) is 14.4 Å². The molecule has 2 heterocycles. The summed E-state index contributed by atoms with van der Waals surface area (Å²) >= 11 is 0. The number of carbonyl (C=O) groups excluding carboxylic acids is 3. The topological polar surface area (TPSA) is 129 Å². The fourth-order valence-corrected chi connectivity index (χ4v) is 3.42. The largest absolute Gasteiger partial charge is 0.465 e. The first-order chi connectivity index (χ1) is 17.5. The summed E-state index contributed by atoms with van der Waals surface area (Å²) < 4.78 is 11.8. The predicted molar refractivity (Wildman–Crippen MR) is 130 cm³/mol. The van der Waals surface area contributed by atoms with Gasteiger partial charge in [0, 0.05) is 11.6 Å². The Morgan fingerprint density at radius 2 is 1.75 bits per heavy atom. The molecule has 2 aromatic carbocycles. The van der Waals surface area contributed by atoms with Gasteiger partial charge in [0.2, 0.25) is 0 Å². The molecule has 36 heavy (non-hydrogen) atoms. The maximum absolute atomic E-state index is 13.1. The number of Topliss-reactive ketones (excluding diaryl/α,β-unsaturated/α-hetero) is 1. The van der Waals surface area contributed by atoms with Crippen LogP contribution >= 0.6 is 0 Å². The molecule has 1 N–H and O–H groups in total. The number of nitrogens with one attached hydrogen (secondary N) is 1. The summed E-state index contributed by atoms with van der Waals surface area (Å²) in [4.78, 5) is 37.7. The van der Waals surface area contributed by atoms with Crippen LogP contribution in [0.25, 0.3) is 23.2 Å². The maximum Gasteiger partial charge on any atom is 0.357 e. The Morgan fingerprint density at radius 3 is 2.42 bits per heavy atom. The van der Waals surface area contributed by atoms with Crippen molar-refractivity contribution in [2.24, 2.45) is 0 Å². The van der Waals surface area contributed by atoms with Crippen LogP contribution in [0, 0.1) is 0 Å². The van der Waals surface area contributed by atoms with Gasteiger partial charge in [-0.15, -0.1) is 5.10 Å². The van der Waals surface area contributed by atoms with E-state index in [0.29, 0.717) is 23.6 Å². The molecule has 1 unspecified atom stereocenters. The number of hydrogen-bond acceptors (Lipinski definition) is 8. The van der Waals surface area contributed by atoms with E-state index in [1.165, 1.54) is 23.9 Å². The highest BCUT2D eigenvalue weighted by Gasteiger charge is 2.23. The van der Waals surface area contributed by atoms with Crippen LogP contribution in [0.1, 0.15) is 18.2 Å². The van der Waals surface area contributed by atoms with Gasteiger partial charge in [-0.25, -0.2) is 4.79 Å². The van der Waals surface area contributed by atoms with Gasteiger partial charge >= 0.3 is 5.97 Å². The number of tetrazole rings is 1. The molecule has 4 aromatic rings. The molecule has 0 saturated carbocycles. The second-order valence-corrected chi connectivity index (χ2v) is 7.82. The average molecular weight is 486 g/mol. The molecule has 0 aliphatic rings. The number of carbonyl (C=O) groups is 3. The Hall–Kier alpha value is -4.86. The number of furan rings is 1. The zero-order valence-corrected chi connectivity index (χ0v) is 19.4. The molecule has 10 nitrogen and oxygen atoms in total. The van der Waals surface area contributed by atoms with Crippen LogP contribution in [0.15, 0.2) is 83.5 Å².